The molecule has 1 fully saturated rings. The number of aromatic nitrogens is 1. The van der Waals surface area contributed by atoms with E-state index >= 15 is 0 Å². The molecule has 0 saturated carbocycles. The molecule has 152 valence electrons. The molecule has 2 aromatic carbocycles. The van der Waals surface area contributed by atoms with Gasteiger partial charge in [0.1, 0.15) is 0 Å². The number of carbonyl (C=O) groups is 2. The van der Waals surface area contributed by atoms with Crippen LogP contribution in [0.15, 0.2) is 79.1 Å². The quantitative estimate of drug-likeness (QED) is 0.645. The normalized spacial score (nSPS) is 15.0. The van der Waals surface area contributed by atoms with Crippen LogP contribution in [0.5, 0.6) is 0 Å². The van der Waals surface area contributed by atoms with Crippen LogP contribution in [0.1, 0.15) is 27.4 Å². The van der Waals surface area contributed by atoms with E-state index in [1.165, 1.54) is 0 Å². The van der Waals surface area contributed by atoms with Gasteiger partial charge in [-0.1, -0.05) is 48.0 Å². The third-order valence-electron chi connectivity index (χ3n) is 5.37. The summed E-state index contributed by atoms with van der Waals surface area (Å²) in [5, 5.41) is 0.629. The number of hydrogen-bond donors (Lipinski definition) is 0. The van der Waals surface area contributed by atoms with E-state index in [9.17, 15) is 9.59 Å². The first-order valence-corrected chi connectivity index (χ1v) is 10.3. The highest BCUT2D eigenvalue weighted by atomic mass is 35.5. The molecule has 0 spiro atoms. The summed E-state index contributed by atoms with van der Waals surface area (Å²) in [6.45, 7) is 2.03. The Morgan fingerprint density at radius 2 is 1.47 bits per heavy atom. The van der Waals surface area contributed by atoms with Crippen molar-refractivity contribution in [2.24, 2.45) is 0 Å². The fraction of sp³-hybridized carbons (Fsp3) is 0.208. The molecular formula is C24H22ClN3O2. The zero-order chi connectivity index (χ0) is 20.9. The molecule has 2 amide bonds. The lowest BCUT2D eigenvalue weighted by Gasteiger charge is -2.36. The predicted molar refractivity (Wildman–Crippen MR) is 116 cm³/mol. The number of hydrogen-bond acceptors (Lipinski definition) is 3. The lowest BCUT2D eigenvalue weighted by molar-refractivity contribution is -0.133. The predicted octanol–water partition coefficient (Wildman–Crippen LogP) is 3.85. The van der Waals surface area contributed by atoms with Crippen molar-refractivity contribution in [1.82, 2.24) is 14.8 Å². The van der Waals surface area contributed by atoms with E-state index in [1.807, 2.05) is 59.5 Å². The van der Waals surface area contributed by atoms with E-state index in [-0.39, 0.29) is 11.8 Å². The first kappa shape index (κ1) is 20.1. The lowest BCUT2D eigenvalue weighted by atomic mass is 9.91. The molecule has 6 heteroatoms. The summed E-state index contributed by atoms with van der Waals surface area (Å²) in [5.74, 6) is -0.436. The Hall–Kier alpha value is -3.18. The van der Waals surface area contributed by atoms with Crippen molar-refractivity contribution in [1.29, 1.82) is 0 Å². The van der Waals surface area contributed by atoms with Crippen LogP contribution in [0.2, 0.25) is 5.02 Å². The van der Waals surface area contributed by atoms with E-state index in [0.717, 1.165) is 11.1 Å². The van der Waals surface area contributed by atoms with E-state index in [0.29, 0.717) is 36.8 Å². The van der Waals surface area contributed by atoms with Gasteiger partial charge in [-0.15, -0.1) is 0 Å². The van der Waals surface area contributed by atoms with Gasteiger partial charge in [-0.2, -0.15) is 0 Å². The molecule has 3 aromatic rings. The summed E-state index contributed by atoms with van der Waals surface area (Å²) in [4.78, 5) is 34.0. The highest BCUT2D eigenvalue weighted by molar-refractivity contribution is 6.30. The van der Waals surface area contributed by atoms with Crippen molar-refractivity contribution in [2.45, 2.75) is 5.92 Å². The van der Waals surface area contributed by atoms with Crippen molar-refractivity contribution in [2.75, 3.05) is 26.2 Å². The van der Waals surface area contributed by atoms with Gasteiger partial charge in [0, 0.05) is 49.2 Å². The fourth-order valence-electron chi connectivity index (χ4n) is 3.76. The van der Waals surface area contributed by atoms with Crippen molar-refractivity contribution in [3.05, 3.63) is 101 Å². The molecule has 0 N–H and O–H groups in total. The van der Waals surface area contributed by atoms with Gasteiger partial charge >= 0.3 is 0 Å². The Bertz CT molecular complexity index is 1000. The summed E-state index contributed by atoms with van der Waals surface area (Å²) in [6.07, 6.45) is 3.42. The van der Waals surface area contributed by atoms with Gasteiger partial charge in [0.15, 0.2) is 0 Å². The Morgan fingerprint density at radius 3 is 2.10 bits per heavy atom. The first-order chi connectivity index (χ1) is 14.6. The summed E-state index contributed by atoms with van der Waals surface area (Å²) in [6, 6.07) is 20.4. The van der Waals surface area contributed by atoms with Gasteiger partial charge in [0.25, 0.3) is 5.91 Å². The zero-order valence-electron chi connectivity index (χ0n) is 16.4. The number of pyridine rings is 1. The molecule has 1 aliphatic rings. The van der Waals surface area contributed by atoms with E-state index in [4.69, 9.17) is 11.6 Å². The molecule has 1 unspecified atom stereocenters. The summed E-state index contributed by atoms with van der Waals surface area (Å²) in [5.41, 5.74) is 2.39. The summed E-state index contributed by atoms with van der Waals surface area (Å²) >= 11 is 6.04. The van der Waals surface area contributed by atoms with Crippen LogP contribution in [0, 0.1) is 0 Å². The van der Waals surface area contributed by atoms with Gasteiger partial charge in [-0.05, 0) is 41.5 Å². The second kappa shape index (κ2) is 9.09. The highest BCUT2D eigenvalue weighted by Gasteiger charge is 2.31. The molecule has 30 heavy (non-hydrogen) atoms. The minimum atomic E-state index is -0.452. The van der Waals surface area contributed by atoms with Crippen LogP contribution in [0.25, 0.3) is 0 Å². The minimum Gasteiger partial charge on any atom is -0.338 e. The average Bonchev–Trinajstić information content (AvgIpc) is 2.81. The molecule has 1 saturated heterocycles. The van der Waals surface area contributed by atoms with Crippen LogP contribution < -0.4 is 0 Å². The average molecular weight is 420 g/mol. The van der Waals surface area contributed by atoms with Crippen LogP contribution in [0.4, 0.5) is 0 Å². The number of nitrogens with zero attached hydrogens (tertiary/aromatic N) is 3. The third-order valence-corrected chi connectivity index (χ3v) is 5.62. The SMILES string of the molecule is O=C(c1ccccc1)N1CCN(C(=O)C(c2ccc(Cl)cc2)c2cccnc2)CC1. The van der Waals surface area contributed by atoms with Crippen molar-refractivity contribution >= 4 is 23.4 Å². The van der Waals surface area contributed by atoms with E-state index in [1.54, 1.807) is 29.4 Å². The van der Waals surface area contributed by atoms with Crippen LogP contribution >= 0.6 is 11.6 Å². The van der Waals surface area contributed by atoms with Crippen molar-refractivity contribution in [3.8, 4) is 0 Å². The van der Waals surface area contributed by atoms with E-state index < -0.39 is 5.92 Å². The van der Waals surface area contributed by atoms with Gasteiger partial charge < -0.3 is 9.80 Å². The molecule has 1 aromatic heterocycles. The molecule has 0 aliphatic carbocycles. The number of carbonyl (C=O) groups excluding carboxylic acids is 2. The largest absolute Gasteiger partial charge is 0.338 e. The molecular weight excluding hydrogens is 398 g/mol. The smallest absolute Gasteiger partial charge is 0.253 e. The van der Waals surface area contributed by atoms with Crippen molar-refractivity contribution < 1.29 is 9.59 Å². The molecule has 1 aliphatic heterocycles. The number of amides is 2. The molecule has 4 rings (SSSR count). The highest BCUT2D eigenvalue weighted by Crippen LogP contribution is 2.28. The maximum absolute atomic E-state index is 13.5. The minimum absolute atomic E-state index is 0.00390. The Labute approximate surface area is 180 Å². The van der Waals surface area contributed by atoms with Gasteiger partial charge in [-0.3, -0.25) is 14.6 Å². The maximum Gasteiger partial charge on any atom is 0.253 e. The van der Waals surface area contributed by atoms with Gasteiger partial charge in [-0.25, -0.2) is 0 Å². The number of rotatable bonds is 4. The molecule has 0 bridgehead atoms. The Kier molecular flexibility index (Phi) is 6.10. The number of benzene rings is 2. The second-order valence-electron chi connectivity index (χ2n) is 7.25. The lowest BCUT2D eigenvalue weighted by Crippen LogP contribution is -2.51. The van der Waals surface area contributed by atoms with Crippen LogP contribution in [-0.4, -0.2) is 52.8 Å². The first-order valence-electron chi connectivity index (χ1n) is 9.92. The fourth-order valence-corrected chi connectivity index (χ4v) is 3.88. The van der Waals surface area contributed by atoms with Gasteiger partial charge in [0.2, 0.25) is 5.91 Å². The Balaban J connectivity index is 1.50. The molecule has 0 radical (unpaired) electrons. The monoisotopic (exact) mass is 419 g/mol. The third kappa shape index (κ3) is 4.36. The van der Waals surface area contributed by atoms with Crippen LogP contribution in [0.3, 0.4) is 0 Å². The molecule has 5 nitrogen and oxygen atoms in total. The zero-order valence-corrected chi connectivity index (χ0v) is 17.2. The van der Waals surface area contributed by atoms with E-state index in [2.05, 4.69) is 4.98 Å². The number of piperazine rings is 1. The topological polar surface area (TPSA) is 53.5 Å². The maximum atomic E-state index is 13.5. The van der Waals surface area contributed by atoms with Gasteiger partial charge in [0.05, 0.1) is 5.92 Å². The van der Waals surface area contributed by atoms with Crippen molar-refractivity contribution in [3.63, 3.8) is 0 Å². The standard InChI is InChI=1S/C24H22ClN3O2/c25-21-10-8-18(9-11-21)22(20-7-4-12-26-17-20)24(30)28-15-13-27(14-16-28)23(29)19-5-2-1-3-6-19/h1-12,17,22H,13-16H2. The molecule has 2 heterocycles. The second-order valence-corrected chi connectivity index (χ2v) is 7.69. The Morgan fingerprint density at radius 1 is 0.800 bits per heavy atom. The molecule has 1 atom stereocenters. The summed E-state index contributed by atoms with van der Waals surface area (Å²) < 4.78 is 0. The summed E-state index contributed by atoms with van der Waals surface area (Å²) in [7, 11) is 0. The number of halogens is 1. The van der Waals surface area contributed by atoms with Crippen LogP contribution in [-0.2, 0) is 4.79 Å².